The van der Waals surface area contributed by atoms with Gasteiger partial charge in [-0.15, -0.1) is 0 Å². The number of ether oxygens (including phenoxy) is 3. The first-order chi connectivity index (χ1) is 9.63. The molecule has 0 saturated carbocycles. The molecule has 1 aromatic carbocycles. The predicted octanol–water partition coefficient (Wildman–Crippen LogP) is 2.00. The molecule has 1 aliphatic heterocycles. The van der Waals surface area contributed by atoms with Crippen LogP contribution in [0, 0.1) is 0 Å². The van der Waals surface area contributed by atoms with Crippen LogP contribution in [0.4, 0.5) is 0 Å². The monoisotopic (exact) mass is 279 g/mol. The second-order valence-corrected chi connectivity index (χ2v) is 4.91. The lowest BCUT2D eigenvalue weighted by atomic mass is 10.1. The summed E-state index contributed by atoms with van der Waals surface area (Å²) in [5, 5.41) is 2.97. The van der Waals surface area contributed by atoms with Crippen LogP contribution in [0.5, 0.6) is 11.5 Å². The lowest BCUT2D eigenvalue weighted by molar-refractivity contribution is 0.0712. The molecule has 110 valence electrons. The van der Waals surface area contributed by atoms with E-state index in [-0.39, 0.29) is 18.1 Å². The third-order valence-electron chi connectivity index (χ3n) is 3.49. The van der Waals surface area contributed by atoms with Gasteiger partial charge in [-0.2, -0.15) is 0 Å². The summed E-state index contributed by atoms with van der Waals surface area (Å²) in [5.41, 5.74) is 0.519. The number of amides is 1. The second kappa shape index (κ2) is 6.61. The molecular formula is C15H21NO4. The summed E-state index contributed by atoms with van der Waals surface area (Å²) in [5.74, 6) is 1.05. The van der Waals surface area contributed by atoms with Crippen LogP contribution in [0.15, 0.2) is 18.2 Å². The number of hydrogen-bond acceptors (Lipinski definition) is 4. The molecule has 2 rings (SSSR count). The van der Waals surface area contributed by atoms with Crippen molar-refractivity contribution < 1.29 is 19.0 Å². The highest BCUT2D eigenvalue weighted by molar-refractivity contribution is 5.95. The van der Waals surface area contributed by atoms with Crippen molar-refractivity contribution in [1.29, 1.82) is 0 Å². The molecule has 1 heterocycles. The van der Waals surface area contributed by atoms with Crippen LogP contribution in [0.2, 0.25) is 0 Å². The number of carbonyl (C=O) groups is 1. The fourth-order valence-corrected chi connectivity index (χ4v) is 2.32. The number of nitrogens with one attached hydrogen (secondary N) is 1. The maximum Gasteiger partial charge on any atom is 0.251 e. The topological polar surface area (TPSA) is 56.8 Å². The van der Waals surface area contributed by atoms with Gasteiger partial charge in [0.25, 0.3) is 5.91 Å². The first kappa shape index (κ1) is 14.7. The van der Waals surface area contributed by atoms with Crippen molar-refractivity contribution in [2.75, 3.05) is 20.8 Å². The molecule has 0 aromatic heterocycles. The van der Waals surface area contributed by atoms with E-state index < -0.39 is 0 Å². The van der Waals surface area contributed by atoms with Gasteiger partial charge in [-0.1, -0.05) is 0 Å². The fraction of sp³-hybridized carbons (Fsp3) is 0.533. The molecule has 2 unspecified atom stereocenters. The van der Waals surface area contributed by atoms with Crippen molar-refractivity contribution in [2.24, 2.45) is 0 Å². The molecule has 0 bridgehead atoms. The maximum absolute atomic E-state index is 12.3. The Kier molecular flexibility index (Phi) is 4.84. The molecule has 0 aliphatic carbocycles. The molecule has 1 N–H and O–H groups in total. The normalized spacial score (nSPS) is 19.4. The number of methoxy groups -OCH3 is 2. The summed E-state index contributed by atoms with van der Waals surface area (Å²) < 4.78 is 15.9. The molecular weight excluding hydrogens is 258 g/mol. The fourth-order valence-electron chi connectivity index (χ4n) is 2.32. The third kappa shape index (κ3) is 3.42. The predicted molar refractivity (Wildman–Crippen MR) is 75.4 cm³/mol. The van der Waals surface area contributed by atoms with E-state index in [2.05, 4.69) is 5.32 Å². The number of rotatable bonds is 5. The Labute approximate surface area is 119 Å². The molecule has 1 amide bonds. The van der Waals surface area contributed by atoms with Gasteiger partial charge in [-0.25, -0.2) is 0 Å². The van der Waals surface area contributed by atoms with Crippen LogP contribution < -0.4 is 14.8 Å². The van der Waals surface area contributed by atoms with Crippen molar-refractivity contribution in [3.63, 3.8) is 0 Å². The average Bonchev–Trinajstić information content (AvgIpc) is 3.00. The number of benzene rings is 1. The van der Waals surface area contributed by atoms with E-state index in [0.29, 0.717) is 17.1 Å². The van der Waals surface area contributed by atoms with E-state index >= 15 is 0 Å². The number of hydrogen-bond donors (Lipinski definition) is 1. The smallest absolute Gasteiger partial charge is 0.251 e. The highest BCUT2D eigenvalue weighted by Crippen LogP contribution is 2.23. The van der Waals surface area contributed by atoms with Crippen LogP contribution >= 0.6 is 0 Å². The molecule has 5 nitrogen and oxygen atoms in total. The Balaban J connectivity index is 2.07. The van der Waals surface area contributed by atoms with Crippen molar-refractivity contribution in [2.45, 2.75) is 31.9 Å². The highest BCUT2D eigenvalue weighted by Gasteiger charge is 2.24. The van der Waals surface area contributed by atoms with Crippen molar-refractivity contribution >= 4 is 5.91 Å². The number of carbonyl (C=O) groups excluding carboxylic acids is 1. The summed E-state index contributed by atoms with van der Waals surface area (Å²) in [6, 6.07) is 5.11. The van der Waals surface area contributed by atoms with Crippen LogP contribution in [-0.4, -0.2) is 38.9 Å². The third-order valence-corrected chi connectivity index (χ3v) is 3.49. The van der Waals surface area contributed by atoms with E-state index in [1.807, 2.05) is 6.92 Å². The SMILES string of the molecule is COc1cc(OC)cc(C(=O)NC(C)C2CCCO2)c1. The lowest BCUT2D eigenvalue weighted by Gasteiger charge is -2.20. The summed E-state index contributed by atoms with van der Waals surface area (Å²) in [6.45, 7) is 2.74. The quantitative estimate of drug-likeness (QED) is 0.895. The largest absolute Gasteiger partial charge is 0.497 e. The van der Waals surface area contributed by atoms with Gasteiger partial charge >= 0.3 is 0 Å². The standard InChI is InChI=1S/C15H21NO4/c1-10(14-5-4-6-20-14)16-15(17)11-7-12(18-2)9-13(8-11)19-3/h7-10,14H,4-6H2,1-3H3,(H,16,17). The van der Waals surface area contributed by atoms with Gasteiger partial charge in [-0.05, 0) is 31.9 Å². The average molecular weight is 279 g/mol. The van der Waals surface area contributed by atoms with Gasteiger partial charge in [-0.3, -0.25) is 4.79 Å². The Morgan fingerprint density at radius 3 is 2.45 bits per heavy atom. The molecule has 1 aliphatic rings. The molecule has 1 fully saturated rings. The van der Waals surface area contributed by atoms with Gasteiger partial charge in [0, 0.05) is 18.2 Å². The second-order valence-electron chi connectivity index (χ2n) is 4.91. The first-order valence-corrected chi connectivity index (χ1v) is 6.79. The molecule has 20 heavy (non-hydrogen) atoms. The molecule has 1 saturated heterocycles. The molecule has 0 spiro atoms. The zero-order valence-electron chi connectivity index (χ0n) is 12.1. The molecule has 2 atom stereocenters. The molecule has 5 heteroatoms. The van der Waals surface area contributed by atoms with E-state index in [4.69, 9.17) is 14.2 Å². The molecule has 1 aromatic rings. The van der Waals surface area contributed by atoms with Gasteiger partial charge in [0.2, 0.25) is 0 Å². The first-order valence-electron chi connectivity index (χ1n) is 6.79. The summed E-state index contributed by atoms with van der Waals surface area (Å²) in [4.78, 5) is 12.3. The van der Waals surface area contributed by atoms with Crippen molar-refractivity contribution in [1.82, 2.24) is 5.32 Å². The van der Waals surface area contributed by atoms with Gasteiger partial charge < -0.3 is 19.5 Å². The van der Waals surface area contributed by atoms with Gasteiger partial charge in [0.05, 0.1) is 26.4 Å². The van der Waals surface area contributed by atoms with E-state index in [1.165, 1.54) is 0 Å². The van der Waals surface area contributed by atoms with Crippen LogP contribution in [0.1, 0.15) is 30.1 Å². The summed E-state index contributed by atoms with van der Waals surface area (Å²) in [6.07, 6.45) is 2.15. The van der Waals surface area contributed by atoms with Gasteiger partial charge in [0.1, 0.15) is 11.5 Å². The zero-order chi connectivity index (χ0) is 14.5. The Hall–Kier alpha value is -1.75. The minimum absolute atomic E-state index is 0.0119. The highest BCUT2D eigenvalue weighted by atomic mass is 16.5. The summed E-state index contributed by atoms with van der Waals surface area (Å²) in [7, 11) is 3.12. The minimum atomic E-state index is -0.148. The van der Waals surface area contributed by atoms with Gasteiger partial charge in [0.15, 0.2) is 0 Å². The maximum atomic E-state index is 12.3. The van der Waals surface area contributed by atoms with Crippen LogP contribution in [0.3, 0.4) is 0 Å². The van der Waals surface area contributed by atoms with Crippen molar-refractivity contribution in [3.05, 3.63) is 23.8 Å². The Morgan fingerprint density at radius 2 is 1.95 bits per heavy atom. The Bertz CT molecular complexity index is 447. The lowest BCUT2D eigenvalue weighted by Crippen LogP contribution is -2.40. The van der Waals surface area contributed by atoms with Crippen LogP contribution in [0.25, 0.3) is 0 Å². The Morgan fingerprint density at radius 1 is 1.30 bits per heavy atom. The van der Waals surface area contributed by atoms with E-state index in [9.17, 15) is 4.79 Å². The van der Waals surface area contributed by atoms with Crippen LogP contribution in [-0.2, 0) is 4.74 Å². The van der Waals surface area contributed by atoms with E-state index in [0.717, 1.165) is 19.4 Å². The zero-order valence-corrected chi connectivity index (χ0v) is 12.1. The molecule has 0 radical (unpaired) electrons. The summed E-state index contributed by atoms with van der Waals surface area (Å²) >= 11 is 0. The van der Waals surface area contributed by atoms with E-state index in [1.54, 1.807) is 32.4 Å². The minimum Gasteiger partial charge on any atom is -0.497 e. The van der Waals surface area contributed by atoms with Crippen molar-refractivity contribution in [3.8, 4) is 11.5 Å².